The standard InChI is InChI=1S/C59H114NO8P/c1-3-5-7-9-11-13-14-15-16-17-18-19-20-21-22-23-24-25-26-27-28-29-30-31-32-33-34-35-36-37-38-39-40-41-42-44-46-48-50-52-59(62)68-57(56-67-69(63,64)66-54-53-60)55-65-58(61)51-49-47-45-43-12-10-8-6-4-2/h14-15,17-18,57H,3-13,16,19-56,60H2,1-2H3,(H,63,64)/b15-14-,18-17-. The first-order valence-corrected chi connectivity index (χ1v) is 31.3. The quantitative estimate of drug-likeness (QED) is 0.0264. The van der Waals surface area contributed by atoms with Crippen LogP contribution in [0.15, 0.2) is 24.3 Å². The van der Waals surface area contributed by atoms with E-state index in [1.54, 1.807) is 0 Å². The lowest BCUT2D eigenvalue weighted by Crippen LogP contribution is -2.29. The van der Waals surface area contributed by atoms with Crippen molar-refractivity contribution in [3.05, 3.63) is 24.3 Å². The molecule has 0 aromatic rings. The van der Waals surface area contributed by atoms with Gasteiger partial charge in [-0.15, -0.1) is 0 Å². The average Bonchev–Trinajstić information content (AvgIpc) is 3.34. The number of hydrogen-bond acceptors (Lipinski definition) is 8. The van der Waals surface area contributed by atoms with Gasteiger partial charge in [0.15, 0.2) is 6.10 Å². The Morgan fingerprint density at radius 1 is 0.435 bits per heavy atom. The van der Waals surface area contributed by atoms with Gasteiger partial charge in [-0.1, -0.05) is 276 Å². The second-order valence-corrected chi connectivity index (χ2v) is 21.7. The summed E-state index contributed by atoms with van der Waals surface area (Å²) in [6.45, 7) is 3.74. The summed E-state index contributed by atoms with van der Waals surface area (Å²) in [5, 5.41) is 0. The number of hydrogen-bond donors (Lipinski definition) is 2. The molecule has 0 amide bonds. The zero-order valence-electron chi connectivity index (χ0n) is 45.6. The van der Waals surface area contributed by atoms with E-state index in [4.69, 9.17) is 24.3 Å². The predicted molar refractivity (Wildman–Crippen MR) is 294 cm³/mol. The first kappa shape index (κ1) is 67.5. The molecule has 0 saturated carbocycles. The largest absolute Gasteiger partial charge is 0.472 e. The SMILES string of the molecule is CCCCCCC/C=C\C/C=C\CCCCCCCCCCCCCCCCCCCCCCCCCCCCCC(=O)OC(COC(=O)CCCCCCCCCCC)COP(=O)(O)OCCN. The lowest BCUT2D eigenvalue weighted by molar-refractivity contribution is -0.161. The van der Waals surface area contributed by atoms with E-state index in [9.17, 15) is 19.0 Å². The highest BCUT2D eigenvalue weighted by molar-refractivity contribution is 7.47. The maximum atomic E-state index is 12.6. The molecule has 0 aliphatic heterocycles. The van der Waals surface area contributed by atoms with Crippen molar-refractivity contribution in [2.45, 2.75) is 315 Å². The Morgan fingerprint density at radius 3 is 1.10 bits per heavy atom. The van der Waals surface area contributed by atoms with Crippen molar-refractivity contribution >= 4 is 19.8 Å². The number of allylic oxidation sites excluding steroid dienone is 4. The number of rotatable bonds is 57. The summed E-state index contributed by atoms with van der Waals surface area (Å²) in [4.78, 5) is 34.9. The molecule has 0 saturated heterocycles. The van der Waals surface area contributed by atoms with E-state index in [1.807, 2.05) is 0 Å². The summed E-state index contributed by atoms with van der Waals surface area (Å²) in [6, 6.07) is 0. The number of nitrogens with two attached hydrogens (primary N) is 1. The van der Waals surface area contributed by atoms with Crippen LogP contribution in [0.25, 0.3) is 0 Å². The van der Waals surface area contributed by atoms with Crippen molar-refractivity contribution in [1.82, 2.24) is 0 Å². The van der Waals surface area contributed by atoms with Crippen LogP contribution in [0.5, 0.6) is 0 Å². The molecule has 0 aromatic heterocycles. The minimum Gasteiger partial charge on any atom is -0.462 e. The van der Waals surface area contributed by atoms with Crippen molar-refractivity contribution in [2.24, 2.45) is 5.73 Å². The molecule has 2 unspecified atom stereocenters. The van der Waals surface area contributed by atoms with E-state index in [1.165, 1.54) is 238 Å². The number of phosphoric ester groups is 1. The number of carbonyl (C=O) groups is 2. The maximum absolute atomic E-state index is 12.6. The Morgan fingerprint density at radius 2 is 0.754 bits per heavy atom. The third-order valence-corrected chi connectivity index (χ3v) is 14.3. The maximum Gasteiger partial charge on any atom is 0.472 e. The monoisotopic (exact) mass is 996 g/mol. The third kappa shape index (κ3) is 55.7. The van der Waals surface area contributed by atoms with Crippen molar-refractivity contribution < 1.29 is 37.6 Å². The summed E-state index contributed by atoms with van der Waals surface area (Å²) < 4.78 is 32.9. The normalized spacial score (nSPS) is 13.2. The Labute approximate surface area is 427 Å². The molecule has 0 spiro atoms. The van der Waals surface area contributed by atoms with E-state index in [0.717, 1.165) is 38.5 Å². The second-order valence-electron chi connectivity index (χ2n) is 20.2. The van der Waals surface area contributed by atoms with Crippen LogP contribution < -0.4 is 5.73 Å². The third-order valence-electron chi connectivity index (χ3n) is 13.3. The molecule has 0 rings (SSSR count). The van der Waals surface area contributed by atoms with Crippen molar-refractivity contribution in [3.8, 4) is 0 Å². The highest BCUT2D eigenvalue weighted by Crippen LogP contribution is 2.43. The zero-order valence-corrected chi connectivity index (χ0v) is 46.5. The predicted octanol–water partition coefficient (Wildman–Crippen LogP) is 18.6. The van der Waals surface area contributed by atoms with Gasteiger partial charge in [-0.05, 0) is 44.9 Å². The Bertz CT molecular complexity index is 1180. The first-order chi connectivity index (χ1) is 33.8. The summed E-state index contributed by atoms with van der Waals surface area (Å²) in [5.74, 6) is -0.815. The summed E-state index contributed by atoms with van der Waals surface area (Å²) in [5.41, 5.74) is 5.36. The minimum absolute atomic E-state index is 0.0569. The summed E-state index contributed by atoms with van der Waals surface area (Å²) >= 11 is 0. The van der Waals surface area contributed by atoms with Gasteiger partial charge in [-0.3, -0.25) is 18.6 Å². The highest BCUT2D eigenvalue weighted by atomic mass is 31.2. The van der Waals surface area contributed by atoms with E-state index in [0.29, 0.717) is 6.42 Å². The smallest absolute Gasteiger partial charge is 0.462 e. The molecule has 0 bridgehead atoms. The van der Waals surface area contributed by atoms with E-state index in [2.05, 4.69) is 38.2 Å². The van der Waals surface area contributed by atoms with Crippen molar-refractivity contribution in [2.75, 3.05) is 26.4 Å². The minimum atomic E-state index is -4.37. The van der Waals surface area contributed by atoms with Crippen molar-refractivity contribution in [1.29, 1.82) is 0 Å². The van der Waals surface area contributed by atoms with Gasteiger partial charge in [-0.2, -0.15) is 0 Å². The van der Waals surface area contributed by atoms with Gasteiger partial charge in [0.2, 0.25) is 0 Å². The van der Waals surface area contributed by atoms with Gasteiger partial charge in [0, 0.05) is 19.4 Å². The van der Waals surface area contributed by atoms with Gasteiger partial charge < -0.3 is 20.1 Å². The summed E-state index contributed by atoms with van der Waals surface area (Å²) in [6.07, 6.45) is 65.8. The van der Waals surface area contributed by atoms with Crippen LogP contribution in [0, 0.1) is 0 Å². The van der Waals surface area contributed by atoms with Crippen LogP contribution in [0.1, 0.15) is 309 Å². The molecule has 9 nitrogen and oxygen atoms in total. The van der Waals surface area contributed by atoms with Gasteiger partial charge >= 0.3 is 19.8 Å². The van der Waals surface area contributed by atoms with Gasteiger partial charge in [-0.25, -0.2) is 4.57 Å². The fraction of sp³-hybridized carbons (Fsp3) is 0.898. The molecule has 0 radical (unpaired) electrons. The molecule has 0 fully saturated rings. The molecule has 2 atom stereocenters. The van der Waals surface area contributed by atoms with Crippen LogP contribution in [0.3, 0.4) is 0 Å². The van der Waals surface area contributed by atoms with E-state index >= 15 is 0 Å². The lowest BCUT2D eigenvalue weighted by Gasteiger charge is -2.19. The van der Waals surface area contributed by atoms with Crippen LogP contribution in [0.4, 0.5) is 0 Å². The van der Waals surface area contributed by atoms with Crippen molar-refractivity contribution in [3.63, 3.8) is 0 Å². The summed E-state index contributed by atoms with van der Waals surface area (Å²) in [7, 11) is -4.37. The van der Waals surface area contributed by atoms with Crippen LogP contribution in [0.2, 0.25) is 0 Å². The van der Waals surface area contributed by atoms with Crippen LogP contribution in [-0.4, -0.2) is 49.3 Å². The second kappa shape index (κ2) is 55.8. The van der Waals surface area contributed by atoms with Crippen LogP contribution >= 0.6 is 7.82 Å². The number of ether oxygens (including phenoxy) is 2. The fourth-order valence-electron chi connectivity index (χ4n) is 8.91. The van der Waals surface area contributed by atoms with Gasteiger partial charge in [0.05, 0.1) is 13.2 Å². The Balaban J connectivity index is 3.66. The molecule has 0 heterocycles. The highest BCUT2D eigenvalue weighted by Gasteiger charge is 2.26. The molecule has 10 heteroatoms. The first-order valence-electron chi connectivity index (χ1n) is 29.8. The molecule has 69 heavy (non-hydrogen) atoms. The molecule has 0 aliphatic rings. The van der Waals surface area contributed by atoms with Gasteiger partial charge in [0.25, 0.3) is 0 Å². The lowest BCUT2D eigenvalue weighted by atomic mass is 10.0. The molecule has 408 valence electrons. The molecular weight excluding hydrogens is 882 g/mol. The molecular formula is C59H114NO8P. The fourth-order valence-corrected chi connectivity index (χ4v) is 9.67. The zero-order chi connectivity index (χ0) is 50.2. The van der Waals surface area contributed by atoms with E-state index < -0.39 is 26.5 Å². The van der Waals surface area contributed by atoms with Gasteiger partial charge in [0.1, 0.15) is 6.61 Å². The molecule has 0 aromatic carbocycles. The number of phosphoric acid groups is 1. The number of carbonyl (C=O) groups excluding carboxylic acids is 2. The topological polar surface area (TPSA) is 134 Å². The van der Waals surface area contributed by atoms with Crippen LogP contribution in [-0.2, 0) is 32.7 Å². The molecule has 0 aliphatic carbocycles. The number of esters is 2. The Kier molecular flexibility index (Phi) is 54.6. The average molecular weight is 997 g/mol. The molecule has 3 N–H and O–H groups in total. The number of unbranched alkanes of at least 4 members (excludes halogenated alkanes) is 40. The Hall–Kier alpha value is -1.51. The van der Waals surface area contributed by atoms with E-state index in [-0.39, 0.29) is 38.6 Å².